The first-order valence-electron chi connectivity index (χ1n) is 14.0. The molecule has 0 saturated carbocycles. The second-order valence-corrected chi connectivity index (χ2v) is 10.6. The van der Waals surface area contributed by atoms with Crippen LogP contribution in [0, 0.1) is 20.8 Å². The number of hydrogen-bond acceptors (Lipinski definition) is 8. The van der Waals surface area contributed by atoms with Crippen LogP contribution in [0.2, 0.25) is 0 Å². The van der Waals surface area contributed by atoms with Crippen molar-refractivity contribution in [3.05, 3.63) is 114 Å². The van der Waals surface area contributed by atoms with Crippen LogP contribution in [0.4, 0.5) is 5.95 Å². The number of anilines is 1. The average Bonchev–Trinajstić information content (AvgIpc) is 3.03. The van der Waals surface area contributed by atoms with Crippen LogP contribution in [0.1, 0.15) is 36.6 Å². The standard InChI is InChI=1S/C26H27N5O3S.C7H9N/c1-3-4-17-33-22-16-15-19(2)18-23(22)34-35(32)31-30-26-27-24(20-11-7-5-8-12-20)25(28-29-26)21-13-9-6-10-14-21;1-6-3-4-7(2)8-5-6/h5-16,18,31H,3-4,17H2,1-2H3,(H,27,29,30);3-5H,1-2H3. The molecule has 0 fully saturated rings. The number of aryl methyl sites for hydroxylation is 3. The SMILES string of the molecule is CCCCOc1ccc(C)cc1OS(=O)NNc1nnc(-c2ccccc2)c(-c2ccccc2)n1.Cc1ccc(C)nc1. The van der Waals surface area contributed by atoms with Crippen molar-refractivity contribution in [3.8, 4) is 34.0 Å². The minimum Gasteiger partial charge on any atom is -0.490 e. The highest BCUT2D eigenvalue weighted by Crippen LogP contribution is 2.30. The number of nitrogens with zero attached hydrogens (tertiary/aromatic N) is 4. The maximum atomic E-state index is 12.6. The van der Waals surface area contributed by atoms with Gasteiger partial charge in [-0.2, -0.15) is 4.21 Å². The third kappa shape index (κ3) is 9.69. The molecule has 2 N–H and O–H groups in total. The van der Waals surface area contributed by atoms with Gasteiger partial charge in [0.05, 0.1) is 6.61 Å². The minimum absolute atomic E-state index is 0.157. The molecule has 10 heteroatoms. The van der Waals surface area contributed by atoms with E-state index < -0.39 is 11.3 Å². The van der Waals surface area contributed by atoms with Crippen LogP contribution in [0.5, 0.6) is 11.5 Å². The molecule has 43 heavy (non-hydrogen) atoms. The highest BCUT2D eigenvalue weighted by Gasteiger charge is 2.15. The normalized spacial score (nSPS) is 11.2. The maximum absolute atomic E-state index is 12.6. The smallest absolute Gasteiger partial charge is 0.306 e. The summed E-state index contributed by atoms with van der Waals surface area (Å²) in [6.07, 6.45) is 3.81. The van der Waals surface area contributed by atoms with Crippen LogP contribution in [-0.4, -0.2) is 31.0 Å². The van der Waals surface area contributed by atoms with Crippen molar-refractivity contribution in [3.63, 3.8) is 0 Å². The Morgan fingerprint density at radius 1 is 0.767 bits per heavy atom. The molecule has 3 aromatic carbocycles. The number of unbranched alkanes of at least 4 members (excludes halogenated alkanes) is 1. The van der Waals surface area contributed by atoms with E-state index in [9.17, 15) is 4.21 Å². The molecule has 1 atom stereocenters. The van der Waals surface area contributed by atoms with E-state index in [0.29, 0.717) is 29.5 Å². The lowest BCUT2D eigenvalue weighted by molar-refractivity contribution is 0.301. The van der Waals surface area contributed by atoms with Crippen LogP contribution >= 0.6 is 0 Å². The Balaban J connectivity index is 0.000000458. The van der Waals surface area contributed by atoms with Gasteiger partial charge in [-0.15, -0.1) is 15.0 Å². The lowest BCUT2D eigenvalue weighted by Crippen LogP contribution is -2.29. The Morgan fingerprint density at radius 2 is 1.44 bits per heavy atom. The zero-order valence-electron chi connectivity index (χ0n) is 24.8. The molecule has 9 nitrogen and oxygen atoms in total. The van der Waals surface area contributed by atoms with Gasteiger partial charge in [-0.1, -0.05) is 86.1 Å². The second kappa shape index (κ2) is 16.1. The summed E-state index contributed by atoms with van der Waals surface area (Å²) in [6.45, 7) is 8.60. The number of hydrogen-bond donors (Lipinski definition) is 2. The summed E-state index contributed by atoms with van der Waals surface area (Å²) in [7, 11) is 0. The highest BCUT2D eigenvalue weighted by molar-refractivity contribution is 7.78. The molecule has 0 saturated heterocycles. The number of hydrazine groups is 1. The summed E-state index contributed by atoms with van der Waals surface area (Å²) in [4.78, 5) is 11.3. The lowest BCUT2D eigenvalue weighted by Gasteiger charge is -2.13. The fourth-order valence-electron chi connectivity index (χ4n) is 3.82. The van der Waals surface area contributed by atoms with Crippen molar-refractivity contribution in [2.75, 3.05) is 12.0 Å². The molecule has 5 rings (SSSR count). The summed E-state index contributed by atoms with van der Waals surface area (Å²) in [5, 5.41) is 8.53. The van der Waals surface area contributed by atoms with Gasteiger partial charge in [0.2, 0.25) is 0 Å². The van der Waals surface area contributed by atoms with Crippen molar-refractivity contribution in [1.82, 2.24) is 25.0 Å². The van der Waals surface area contributed by atoms with Gasteiger partial charge in [-0.05, 0) is 56.5 Å². The highest BCUT2D eigenvalue weighted by atomic mass is 32.2. The Bertz CT molecular complexity index is 1580. The number of aromatic nitrogens is 4. The number of benzene rings is 3. The topological polar surface area (TPSA) is 111 Å². The van der Waals surface area contributed by atoms with E-state index in [-0.39, 0.29) is 5.95 Å². The molecule has 0 aliphatic carbocycles. The summed E-state index contributed by atoms with van der Waals surface area (Å²) < 4.78 is 24.0. The number of ether oxygens (including phenoxy) is 1. The Hall–Kier alpha value is -4.67. The van der Waals surface area contributed by atoms with Crippen molar-refractivity contribution in [2.24, 2.45) is 0 Å². The van der Waals surface area contributed by atoms with Gasteiger partial charge in [-0.3, -0.25) is 10.4 Å². The fourth-order valence-corrected chi connectivity index (χ4v) is 4.33. The first-order chi connectivity index (χ1) is 20.9. The molecule has 2 heterocycles. The molecule has 1 unspecified atom stereocenters. The average molecular weight is 597 g/mol. The fraction of sp³-hybridized carbons (Fsp3) is 0.212. The molecule has 2 aromatic heterocycles. The molecule has 5 aromatic rings. The van der Waals surface area contributed by atoms with E-state index in [4.69, 9.17) is 8.92 Å². The zero-order chi connectivity index (χ0) is 30.4. The van der Waals surface area contributed by atoms with Crippen LogP contribution in [0.15, 0.2) is 97.2 Å². The van der Waals surface area contributed by atoms with E-state index in [1.165, 1.54) is 5.56 Å². The minimum atomic E-state index is -1.94. The number of pyridine rings is 1. The molecule has 0 bridgehead atoms. The van der Waals surface area contributed by atoms with Gasteiger partial charge < -0.3 is 8.92 Å². The monoisotopic (exact) mass is 596 g/mol. The quantitative estimate of drug-likeness (QED) is 0.124. The molecule has 222 valence electrons. The predicted molar refractivity (Wildman–Crippen MR) is 172 cm³/mol. The molecular formula is C33H36N6O3S. The van der Waals surface area contributed by atoms with E-state index in [1.54, 1.807) is 6.07 Å². The summed E-state index contributed by atoms with van der Waals surface area (Å²) in [5.41, 5.74) is 9.07. The van der Waals surface area contributed by atoms with Gasteiger partial charge >= 0.3 is 11.3 Å². The van der Waals surface area contributed by atoms with Gasteiger partial charge in [0.1, 0.15) is 11.4 Å². The molecule has 0 radical (unpaired) electrons. The van der Waals surface area contributed by atoms with Crippen molar-refractivity contribution in [2.45, 2.75) is 40.5 Å². The van der Waals surface area contributed by atoms with E-state index in [0.717, 1.165) is 35.2 Å². The van der Waals surface area contributed by atoms with Crippen molar-refractivity contribution in [1.29, 1.82) is 0 Å². The third-order valence-corrected chi connectivity index (χ3v) is 6.71. The van der Waals surface area contributed by atoms with Gasteiger partial charge in [0.15, 0.2) is 11.5 Å². The van der Waals surface area contributed by atoms with Gasteiger partial charge in [-0.25, -0.2) is 4.98 Å². The maximum Gasteiger partial charge on any atom is 0.306 e. The number of nitrogens with one attached hydrogen (secondary N) is 2. The van der Waals surface area contributed by atoms with Crippen LogP contribution in [-0.2, 0) is 11.3 Å². The van der Waals surface area contributed by atoms with Gasteiger partial charge in [0, 0.05) is 23.0 Å². The Labute approximate surface area is 255 Å². The zero-order valence-corrected chi connectivity index (χ0v) is 25.6. The molecule has 0 amide bonds. The second-order valence-electron chi connectivity index (χ2n) is 9.74. The summed E-state index contributed by atoms with van der Waals surface area (Å²) >= 11 is -1.94. The van der Waals surface area contributed by atoms with Crippen molar-refractivity contribution < 1.29 is 13.1 Å². The van der Waals surface area contributed by atoms with Crippen LogP contribution in [0.25, 0.3) is 22.5 Å². The van der Waals surface area contributed by atoms with Crippen molar-refractivity contribution >= 4 is 17.2 Å². The third-order valence-electron chi connectivity index (χ3n) is 6.11. The van der Waals surface area contributed by atoms with E-state index >= 15 is 0 Å². The summed E-state index contributed by atoms with van der Waals surface area (Å²) in [5.74, 6) is 1.08. The summed E-state index contributed by atoms with van der Waals surface area (Å²) in [6, 6.07) is 29.0. The molecule has 0 aliphatic heterocycles. The number of rotatable bonds is 11. The molecule has 0 aliphatic rings. The van der Waals surface area contributed by atoms with E-state index in [2.05, 4.69) is 43.4 Å². The predicted octanol–water partition coefficient (Wildman–Crippen LogP) is 6.97. The lowest BCUT2D eigenvalue weighted by atomic mass is 10.0. The van der Waals surface area contributed by atoms with Crippen LogP contribution < -0.4 is 19.2 Å². The largest absolute Gasteiger partial charge is 0.490 e. The van der Waals surface area contributed by atoms with E-state index in [1.807, 2.05) is 106 Å². The molecular weight excluding hydrogens is 560 g/mol. The first kappa shape index (κ1) is 31.3. The molecule has 0 spiro atoms. The Kier molecular flexibility index (Phi) is 11.7. The Morgan fingerprint density at radius 3 is 2.07 bits per heavy atom. The first-order valence-corrected chi connectivity index (χ1v) is 15.1. The van der Waals surface area contributed by atoms with Crippen LogP contribution in [0.3, 0.4) is 0 Å². The van der Waals surface area contributed by atoms with Gasteiger partial charge in [0.25, 0.3) is 5.95 Å².